The fourth-order valence-electron chi connectivity index (χ4n) is 3.48. The summed E-state index contributed by atoms with van der Waals surface area (Å²) in [6.45, 7) is 2.41. The minimum atomic E-state index is 0.142. The minimum Gasteiger partial charge on any atom is -0.370 e. The van der Waals surface area contributed by atoms with Crippen molar-refractivity contribution >= 4 is 22.5 Å². The molecule has 0 saturated carbocycles. The lowest BCUT2D eigenvalue weighted by molar-refractivity contribution is 0.00919. The summed E-state index contributed by atoms with van der Waals surface area (Å²) >= 11 is 6.02. The van der Waals surface area contributed by atoms with Crippen molar-refractivity contribution in [2.45, 2.75) is 25.0 Å². The van der Waals surface area contributed by atoms with E-state index in [1.807, 2.05) is 30.3 Å². The predicted molar refractivity (Wildman–Crippen MR) is 102 cm³/mol. The van der Waals surface area contributed by atoms with Gasteiger partial charge in [-0.1, -0.05) is 48.0 Å². The number of nitrogens with one attached hydrogen (secondary N) is 1. The zero-order valence-corrected chi connectivity index (χ0v) is 14.7. The minimum absolute atomic E-state index is 0.142. The van der Waals surface area contributed by atoms with Crippen molar-refractivity contribution in [3.8, 4) is 0 Å². The molecule has 3 aromatic rings. The zero-order chi connectivity index (χ0) is 17.1. The summed E-state index contributed by atoms with van der Waals surface area (Å²) in [6.07, 6.45) is 1.21. The molecule has 1 aliphatic heterocycles. The highest BCUT2D eigenvalue weighted by Gasteiger charge is 2.27. The highest BCUT2D eigenvalue weighted by atomic mass is 35.5. The Hall–Kier alpha value is -1.94. The van der Waals surface area contributed by atoms with Crippen LogP contribution < -0.4 is 5.32 Å². The van der Waals surface area contributed by atoms with E-state index in [2.05, 4.69) is 35.6 Å². The average Bonchev–Trinajstić information content (AvgIpc) is 2.67. The molecule has 1 saturated heterocycles. The predicted octanol–water partition coefficient (Wildman–Crippen LogP) is 4.55. The number of para-hydroxylation sites is 1. The fraction of sp³-hybridized carbons (Fsp3) is 0.286. The van der Waals surface area contributed by atoms with Gasteiger partial charge in [0.15, 0.2) is 0 Å². The first-order valence-electron chi connectivity index (χ1n) is 8.72. The number of fused-ring (bicyclic) bond motifs is 1. The van der Waals surface area contributed by atoms with Gasteiger partial charge in [0.2, 0.25) is 0 Å². The second-order valence-electron chi connectivity index (χ2n) is 6.50. The van der Waals surface area contributed by atoms with E-state index in [4.69, 9.17) is 21.3 Å². The van der Waals surface area contributed by atoms with E-state index < -0.39 is 0 Å². The van der Waals surface area contributed by atoms with Gasteiger partial charge in [-0.3, -0.25) is 4.98 Å². The fourth-order valence-corrected chi connectivity index (χ4v) is 3.60. The van der Waals surface area contributed by atoms with Crippen molar-refractivity contribution in [1.82, 2.24) is 10.3 Å². The second-order valence-corrected chi connectivity index (χ2v) is 6.93. The lowest BCUT2D eigenvalue weighted by atomic mass is 9.88. The van der Waals surface area contributed by atoms with Crippen molar-refractivity contribution in [2.75, 3.05) is 13.1 Å². The van der Waals surface area contributed by atoms with Crippen LogP contribution in [0.1, 0.15) is 23.6 Å². The van der Waals surface area contributed by atoms with E-state index >= 15 is 0 Å². The molecule has 128 valence electrons. The van der Waals surface area contributed by atoms with Crippen LogP contribution in [0.2, 0.25) is 5.02 Å². The van der Waals surface area contributed by atoms with E-state index in [1.54, 1.807) is 0 Å². The maximum Gasteiger partial charge on any atom is 0.0892 e. The Morgan fingerprint density at radius 1 is 1.04 bits per heavy atom. The van der Waals surface area contributed by atoms with Gasteiger partial charge in [0.25, 0.3) is 0 Å². The molecule has 0 radical (unpaired) electrons. The van der Waals surface area contributed by atoms with Crippen LogP contribution in [0.3, 0.4) is 0 Å². The monoisotopic (exact) mass is 352 g/mol. The van der Waals surface area contributed by atoms with Crippen molar-refractivity contribution in [3.05, 3.63) is 76.9 Å². The van der Waals surface area contributed by atoms with Gasteiger partial charge in [-0.2, -0.15) is 0 Å². The summed E-state index contributed by atoms with van der Waals surface area (Å²) in [5.74, 6) is 0.388. The summed E-state index contributed by atoms with van der Waals surface area (Å²) in [7, 11) is 0. The van der Waals surface area contributed by atoms with E-state index in [0.717, 1.165) is 41.1 Å². The molecule has 1 aliphatic rings. The lowest BCUT2D eigenvalue weighted by Crippen LogP contribution is -2.41. The maximum absolute atomic E-state index is 6.26. The van der Waals surface area contributed by atoms with E-state index in [0.29, 0.717) is 12.5 Å². The number of hydrogen-bond acceptors (Lipinski definition) is 3. The number of benzene rings is 2. The normalized spacial score (nSPS) is 20.7. The molecule has 2 heterocycles. The summed E-state index contributed by atoms with van der Waals surface area (Å²) in [4.78, 5) is 4.71. The molecule has 25 heavy (non-hydrogen) atoms. The van der Waals surface area contributed by atoms with Crippen LogP contribution >= 0.6 is 11.6 Å². The molecule has 0 aliphatic carbocycles. The van der Waals surface area contributed by atoms with Crippen LogP contribution in [0.25, 0.3) is 10.9 Å². The van der Waals surface area contributed by atoms with Crippen molar-refractivity contribution in [1.29, 1.82) is 0 Å². The highest BCUT2D eigenvalue weighted by molar-refractivity contribution is 6.30. The number of nitrogens with zero attached hydrogens (tertiary/aromatic N) is 1. The van der Waals surface area contributed by atoms with Gasteiger partial charge in [0.1, 0.15) is 0 Å². The topological polar surface area (TPSA) is 34.1 Å². The Kier molecular flexibility index (Phi) is 4.97. The molecule has 4 rings (SSSR count). The Balaban J connectivity index is 1.48. The number of hydrogen-bond donors (Lipinski definition) is 1. The third-order valence-corrected chi connectivity index (χ3v) is 5.08. The van der Waals surface area contributed by atoms with Crippen LogP contribution in [0.4, 0.5) is 0 Å². The molecule has 2 atom stereocenters. The number of ether oxygens (including phenoxy) is 1. The second kappa shape index (κ2) is 7.52. The Bertz CT molecular complexity index is 850. The molecule has 1 fully saturated rings. The Morgan fingerprint density at radius 3 is 2.76 bits per heavy atom. The Morgan fingerprint density at radius 2 is 1.88 bits per heavy atom. The number of aromatic nitrogens is 1. The van der Waals surface area contributed by atoms with Gasteiger partial charge in [-0.05, 0) is 42.8 Å². The third-order valence-electron chi connectivity index (χ3n) is 4.83. The molecule has 1 aromatic heterocycles. The number of pyridine rings is 1. The van der Waals surface area contributed by atoms with Crippen LogP contribution in [-0.2, 0) is 11.3 Å². The molecule has 2 unspecified atom stereocenters. The van der Waals surface area contributed by atoms with Gasteiger partial charge in [0.05, 0.1) is 23.9 Å². The van der Waals surface area contributed by atoms with E-state index in [9.17, 15) is 0 Å². The summed E-state index contributed by atoms with van der Waals surface area (Å²) in [5.41, 5.74) is 3.28. The van der Waals surface area contributed by atoms with Gasteiger partial charge in [0, 0.05) is 22.9 Å². The van der Waals surface area contributed by atoms with Crippen molar-refractivity contribution < 1.29 is 4.74 Å². The summed E-state index contributed by atoms with van der Waals surface area (Å²) in [5, 5.41) is 5.37. The van der Waals surface area contributed by atoms with Gasteiger partial charge in [-0.15, -0.1) is 0 Å². The summed E-state index contributed by atoms with van der Waals surface area (Å²) in [6, 6.07) is 20.5. The standard InChI is InChI=1S/C21H21ClN2O/c22-17-8-5-15(6-9-17)19-11-12-23-13-21(19)25-14-18-10-7-16-3-1-2-4-20(16)24-18/h1-10,19,21,23H,11-14H2. The first-order chi connectivity index (χ1) is 12.3. The maximum atomic E-state index is 6.26. The van der Waals surface area contributed by atoms with Crippen LogP contribution in [0.15, 0.2) is 60.7 Å². The molecule has 2 aromatic carbocycles. The molecular formula is C21H21ClN2O. The average molecular weight is 353 g/mol. The highest BCUT2D eigenvalue weighted by Crippen LogP contribution is 2.29. The van der Waals surface area contributed by atoms with Crippen molar-refractivity contribution in [3.63, 3.8) is 0 Å². The first-order valence-corrected chi connectivity index (χ1v) is 9.10. The van der Waals surface area contributed by atoms with Crippen molar-refractivity contribution in [2.24, 2.45) is 0 Å². The van der Waals surface area contributed by atoms with Gasteiger partial charge >= 0.3 is 0 Å². The molecule has 0 bridgehead atoms. The van der Waals surface area contributed by atoms with Gasteiger partial charge in [-0.25, -0.2) is 0 Å². The van der Waals surface area contributed by atoms with Crippen LogP contribution in [0, 0.1) is 0 Å². The SMILES string of the molecule is Clc1ccc(C2CCNCC2OCc2ccc3ccccc3n2)cc1. The number of rotatable bonds is 4. The lowest BCUT2D eigenvalue weighted by Gasteiger charge is -2.32. The van der Waals surface area contributed by atoms with E-state index in [-0.39, 0.29) is 6.10 Å². The Labute approximate surface area is 153 Å². The van der Waals surface area contributed by atoms with Crippen LogP contribution in [0.5, 0.6) is 0 Å². The van der Waals surface area contributed by atoms with Gasteiger partial charge < -0.3 is 10.1 Å². The molecule has 3 nitrogen and oxygen atoms in total. The van der Waals surface area contributed by atoms with E-state index in [1.165, 1.54) is 5.56 Å². The molecule has 0 amide bonds. The smallest absolute Gasteiger partial charge is 0.0892 e. The first kappa shape index (κ1) is 16.5. The number of piperidine rings is 1. The van der Waals surface area contributed by atoms with Crippen LogP contribution in [-0.4, -0.2) is 24.2 Å². The zero-order valence-electron chi connectivity index (χ0n) is 14.0. The molecule has 0 spiro atoms. The quantitative estimate of drug-likeness (QED) is 0.748. The largest absolute Gasteiger partial charge is 0.370 e. The molecular weight excluding hydrogens is 332 g/mol. The summed E-state index contributed by atoms with van der Waals surface area (Å²) < 4.78 is 6.26. The molecule has 4 heteroatoms. The third kappa shape index (κ3) is 3.84. The number of halogens is 1. The molecule has 1 N–H and O–H groups in total.